The molecule has 5 rings (SSSR count). The standard InChI is InChI=1S/C27H25N3O6/c31-24(16-36-21-7-2-1-3-8-21)28-22-9-10-23-20-11-17(14-30(23)26(22)33)13-29(15-20)25(32)18-5-4-6-19(12-18)27(34)35/h1-10,12,17,20H,11,13-16H2,(H,28,31)(H,34,35)/p-1/t17-,20+/m0/s1. The predicted octanol–water partition coefficient (Wildman–Crippen LogP) is 1.49. The van der Waals surface area contributed by atoms with Gasteiger partial charge in [-0.1, -0.05) is 30.3 Å². The molecule has 2 atom stereocenters. The maximum atomic E-state index is 13.2. The number of piperidine rings is 1. The summed E-state index contributed by atoms with van der Waals surface area (Å²) in [7, 11) is 0. The number of nitrogens with zero attached hydrogens (tertiary/aromatic N) is 2. The Kier molecular flexibility index (Phi) is 6.28. The third-order valence-electron chi connectivity index (χ3n) is 6.62. The van der Waals surface area contributed by atoms with Gasteiger partial charge in [-0.2, -0.15) is 0 Å². The van der Waals surface area contributed by atoms with E-state index in [1.165, 1.54) is 18.2 Å². The number of amides is 2. The van der Waals surface area contributed by atoms with Gasteiger partial charge in [0.1, 0.15) is 11.4 Å². The highest BCUT2D eigenvalue weighted by Crippen LogP contribution is 2.36. The molecule has 2 amide bonds. The van der Waals surface area contributed by atoms with Gasteiger partial charge in [0.15, 0.2) is 6.61 Å². The molecule has 1 fully saturated rings. The molecule has 2 aliphatic rings. The van der Waals surface area contributed by atoms with Crippen molar-refractivity contribution in [3.63, 3.8) is 0 Å². The molecule has 2 aromatic carbocycles. The number of ether oxygens (including phenoxy) is 1. The second kappa shape index (κ2) is 9.69. The van der Waals surface area contributed by atoms with Crippen LogP contribution in [0.15, 0.2) is 71.5 Å². The molecule has 0 radical (unpaired) electrons. The Balaban J connectivity index is 1.29. The first-order valence-electron chi connectivity index (χ1n) is 11.7. The van der Waals surface area contributed by atoms with Gasteiger partial charge < -0.3 is 29.4 Å². The minimum atomic E-state index is -1.33. The van der Waals surface area contributed by atoms with Crippen molar-refractivity contribution in [2.75, 3.05) is 25.0 Å². The maximum Gasteiger partial charge on any atom is 0.274 e. The lowest BCUT2D eigenvalue weighted by atomic mass is 9.83. The number of carboxylic acids is 1. The van der Waals surface area contributed by atoms with Gasteiger partial charge in [-0.25, -0.2) is 0 Å². The maximum absolute atomic E-state index is 13.2. The molecule has 3 aromatic rings. The first-order valence-corrected chi connectivity index (χ1v) is 11.7. The monoisotopic (exact) mass is 486 g/mol. The molecule has 1 aromatic heterocycles. The number of hydrogen-bond acceptors (Lipinski definition) is 6. The summed E-state index contributed by atoms with van der Waals surface area (Å²) in [4.78, 5) is 51.5. The number of anilines is 1. The number of carbonyl (C=O) groups excluding carboxylic acids is 3. The average molecular weight is 487 g/mol. The molecule has 0 spiro atoms. The summed E-state index contributed by atoms with van der Waals surface area (Å²) >= 11 is 0. The van der Waals surface area contributed by atoms with E-state index in [0.29, 0.717) is 30.9 Å². The lowest BCUT2D eigenvalue weighted by Crippen LogP contribution is -2.49. The van der Waals surface area contributed by atoms with Crippen molar-refractivity contribution in [3.05, 3.63) is 93.9 Å². The summed E-state index contributed by atoms with van der Waals surface area (Å²) in [6.45, 7) is 1.09. The molecule has 9 heteroatoms. The van der Waals surface area contributed by atoms with Crippen LogP contribution < -0.4 is 20.7 Å². The molecule has 0 saturated carbocycles. The van der Waals surface area contributed by atoms with Crippen molar-refractivity contribution in [1.82, 2.24) is 9.47 Å². The number of rotatable bonds is 6. The van der Waals surface area contributed by atoms with Crippen LogP contribution in [0.1, 0.15) is 38.7 Å². The number of benzene rings is 2. The molecule has 36 heavy (non-hydrogen) atoms. The summed E-state index contributed by atoms with van der Waals surface area (Å²) in [6.07, 6.45) is 0.846. The third-order valence-corrected chi connectivity index (χ3v) is 6.62. The smallest absolute Gasteiger partial charge is 0.274 e. The summed E-state index contributed by atoms with van der Waals surface area (Å²) in [6, 6.07) is 18.2. The van der Waals surface area contributed by atoms with E-state index in [1.54, 1.807) is 45.9 Å². The second-order valence-electron chi connectivity index (χ2n) is 9.11. The van der Waals surface area contributed by atoms with Crippen LogP contribution in [-0.2, 0) is 11.3 Å². The average Bonchev–Trinajstić information content (AvgIpc) is 2.89. The quantitative estimate of drug-likeness (QED) is 0.564. The van der Waals surface area contributed by atoms with Crippen molar-refractivity contribution in [1.29, 1.82) is 0 Å². The van der Waals surface area contributed by atoms with Crippen LogP contribution in [0.2, 0.25) is 0 Å². The van der Waals surface area contributed by atoms with Gasteiger partial charge in [0, 0.05) is 36.8 Å². The van der Waals surface area contributed by atoms with Gasteiger partial charge in [0.2, 0.25) is 0 Å². The molecule has 2 aliphatic heterocycles. The Labute approximate surface area is 206 Å². The van der Waals surface area contributed by atoms with Gasteiger partial charge in [-0.15, -0.1) is 0 Å². The van der Waals surface area contributed by atoms with Crippen molar-refractivity contribution in [3.8, 4) is 5.75 Å². The van der Waals surface area contributed by atoms with Crippen molar-refractivity contribution in [2.45, 2.75) is 18.9 Å². The molecule has 184 valence electrons. The lowest BCUT2D eigenvalue weighted by Gasteiger charge is -2.43. The third kappa shape index (κ3) is 4.72. The minimum absolute atomic E-state index is 0.0374. The number of hydrogen-bond donors (Lipinski definition) is 1. The van der Waals surface area contributed by atoms with Crippen LogP contribution in [0, 0.1) is 5.92 Å². The number of carbonyl (C=O) groups is 3. The highest BCUT2D eigenvalue weighted by molar-refractivity contribution is 5.97. The summed E-state index contributed by atoms with van der Waals surface area (Å²) in [5.74, 6) is -1.41. The van der Waals surface area contributed by atoms with Crippen LogP contribution in [0.5, 0.6) is 5.75 Å². The molecule has 9 nitrogen and oxygen atoms in total. The zero-order valence-electron chi connectivity index (χ0n) is 19.4. The fourth-order valence-corrected chi connectivity index (χ4v) is 5.02. The Hall–Kier alpha value is -4.40. The van der Waals surface area contributed by atoms with Crippen LogP contribution in [0.3, 0.4) is 0 Å². The van der Waals surface area contributed by atoms with Gasteiger partial charge in [0.25, 0.3) is 17.4 Å². The number of fused-ring (bicyclic) bond motifs is 4. The van der Waals surface area contributed by atoms with E-state index < -0.39 is 11.9 Å². The Bertz CT molecular complexity index is 1380. The molecule has 0 unspecified atom stereocenters. The number of pyridine rings is 1. The van der Waals surface area contributed by atoms with Crippen LogP contribution in [0.25, 0.3) is 0 Å². The largest absolute Gasteiger partial charge is 0.545 e. The first-order chi connectivity index (χ1) is 17.4. The second-order valence-corrected chi connectivity index (χ2v) is 9.11. The summed E-state index contributed by atoms with van der Waals surface area (Å²) in [5.41, 5.74) is 0.975. The van der Waals surface area contributed by atoms with E-state index in [0.717, 1.165) is 12.1 Å². The van der Waals surface area contributed by atoms with Gasteiger partial charge in [0.05, 0.1) is 5.97 Å². The predicted molar refractivity (Wildman–Crippen MR) is 129 cm³/mol. The van der Waals surface area contributed by atoms with E-state index >= 15 is 0 Å². The van der Waals surface area contributed by atoms with E-state index in [9.17, 15) is 24.3 Å². The SMILES string of the molecule is O=C(COc1ccccc1)Nc1ccc2n(c1=O)C[C@H]1C[C@@H]2CN(C(=O)c2cccc(C(=O)[O-])c2)C1. The van der Waals surface area contributed by atoms with Crippen LogP contribution in [-0.4, -0.2) is 46.9 Å². The Morgan fingerprint density at radius 2 is 1.72 bits per heavy atom. The fraction of sp³-hybridized carbons (Fsp3) is 0.259. The number of carboxylic acid groups (broad SMARTS) is 1. The van der Waals surface area contributed by atoms with E-state index in [4.69, 9.17) is 4.74 Å². The molecule has 2 bridgehead atoms. The van der Waals surface area contributed by atoms with E-state index in [-0.39, 0.29) is 41.2 Å². The zero-order valence-corrected chi connectivity index (χ0v) is 19.4. The number of para-hydroxylation sites is 1. The van der Waals surface area contributed by atoms with Crippen molar-refractivity contribution in [2.24, 2.45) is 5.92 Å². The normalized spacial score (nSPS) is 18.2. The molecular formula is C27H24N3O6-. The van der Waals surface area contributed by atoms with Crippen LogP contribution >= 0.6 is 0 Å². The van der Waals surface area contributed by atoms with Crippen molar-refractivity contribution >= 4 is 23.5 Å². The van der Waals surface area contributed by atoms with Crippen molar-refractivity contribution < 1.29 is 24.2 Å². The minimum Gasteiger partial charge on any atom is -0.545 e. The molecule has 1 saturated heterocycles. The molecular weight excluding hydrogens is 462 g/mol. The van der Waals surface area contributed by atoms with Crippen LogP contribution in [0.4, 0.5) is 5.69 Å². The number of nitrogens with one attached hydrogen (secondary N) is 1. The highest BCUT2D eigenvalue weighted by Gasteiger charge is 2.37. The summed E-state index contributed by atoms with van der Waals surface area (Å²) in [5, 5.41) is 13.8. The van der Waals surface area contributed by atoms with E-state index in [2.05, 4.69) is 5.32 Å². The van der Waals surface area contributed by atoms with Gasteiger partial charge >= 0.3 is 0 Å². The van der Waals surface area contributed by atoms with Gasteiger partial charge in [-0.3, -0.25) is 14.4 Å². The topological polar surface area (TPSA) is 121 Å². The highest BCUT2D eigenvalue weighted by atomic mass is 16.5. The number of aromatic carboxylic acids is 1. The van der Waals surface area contributed by atoms with Gasteiger partial charge in [-0.05, 0) is 54.3 Å². The Morgan fingerprint density at radius 3 is 2.50 bits per heavy atom. The Morgan fingerprint density at radius 1 is 0.944 bits per heavy atom. The fourth-order valence-electron chi connectivity index (χ4n) is 5.02. The molecule has 3 heterocycles. The zero-order chi connectivity index (χ0) is 25.2. The number of likely N-dealkylation sites (tertiary alicyclic amines) is 1. The summed E-state index contributed by atoms with van der Waals surface area (Å²) < 4.78 is 7.14. The molecule has 0 aliphatic carbocycles. The van der Waals surface area contributed by atoms with E-state index in [1.807, 2.05) is 12.1 Å². The lowest BCUT2D eigenvalue weighted by molar-refractivity contribution is -0.255. The number of aromatic nitrogens is 1. The molecule has 1 N–H and O–H groups in total. The first kappa shape index (κ1) is 23.3.